The van der Waals surface area contributed by atoms with Crippen LogP contribution in [0.2, 0.25) is 0 Å². The third-order valence-corrected chi connectivity index (χ3v) is 4.18. The van der Waals surface area contributed by atoms with Crippen LogP contribution in [0.15, 0.2) is 24.5 Å². The van der Waals surface area contributed by atoms with Gasteiger partial charge >= 0.3 is 0 Å². The summed E-state index contributed by atoms with van der Waals surface area (Å²) >= 11 is 0. The zero-order valence-corrected chi connectivity index (χ0v) is 13.5. The molecule has 1 aliphatic carbocycles. The first-order valence-electron chi connectivity index (χ1n) is 8.06. The topological polar surface area (TPSA) is 81.9 Å². The van der Waals surface area contributed by atoms with Gasteiger partial charge < -0.3 is 10.1 Å². The van der Waals surface area contributed by atoms with Crippen molar-refractivity contribution in [2.24, 2.45) is 5.92 Å². The number of anilines is 1. The Morgan fingerprint density at radius 1 is 1.46 bits per heavy atom. The second-order valence-corrected chi connectivity index (χ2v) is 6.17. The molecule has 1 aliphatic rings. The normalized spacial score (nSPS) is 20.8. The number of nitrogens with zero attached hydrogens (tertiary/aromatic N) is 4. The van der Waals surface area contributed by atoms with Crippen molar-refractivity contribution in [3.63, 3.8) is 0 Å². The van der Waals surface area contributed by atoms with Crippen LogP contribution >= 0.6 is 0 Å². The summed E-state index contributed by atoms with van der Waals surface area (Å²) in [5, 5.41) is 13.3. The summed E-state index contributed by atoms with van der Waals surface area (Å²) in [6.45, 7) is 2.11. The molecule has 1 saturated carbocycles. The van der Waals surface area contributed by atoms with Crippen LogP contribution in [0.1, 0.15) is 32.6 Å². The van der Waals surface area contributed by atoms with E-state index >= 15 is 0 Å². The Hall–Kier alpha value is -2.35. The second kappa shape index (κ2) is 7.48. The molecule has 1 aromatic carbocycles. The first kappa shape index (κ1) is 16.5. The van der Waals surface area contributed by atoms with Gasteiger partial charge in [-0.05, 0) is 47.4 Å². The van der Waals surface area contributed by atoms with Gasteiger partial charge in [-0.1, -0.05) is 19.8 Å². The molecule has 1 N–H and O–H groups in total. The minimum absolute atomic E-state index is 0.0774. The molecule has 7 nitrogen and oxygen atoms in total. The van der Waals surface area contributed by atoms with Gasteiger partial charge in [0.15, 0.2) is 0 Å². The smallest absolute Gasteiger partial charge is 0.250 e. The van der Waals surface area contributed by atoms with Crippen LogP contribution in [-0.2, 0) is 9.53 Å². The second-order valence-electron chi connectivity index (χ2n) is 6.17. The molecular weight excluding hydrogens is 313 g/mol. The molecule has 2 aromatic rings. The van der Waals surface area contributed by atoms with E-state index in [9.17, 15) is 9.18 Å². The maximum Gasteiger partial charge on any atom is 0.250 e. The monoisotopic (exact) mass is 333 g/mol. The molecule has 1 heterocycles. The van der Waals surface area contributed by atoms with Gasteiger partial charge in [-0.3, -0.25) is 4.79 Å². The summed E-state index contributed by atoms with van der Waals surface area (Å²) in [7, 11) is 0. The maximum atomic E-state index is 13.9. The SMILES string of the molecule is C[C@@H]1CCC[C@H](OCC(=O)Nc2cc(-n3cnnn3)ccc2F)C1. The fourth-order valence-electron chi connectivity index (χ4n) is 2.94. The molecule has 0 unspecified atom stereocenters. The third kappa shape index (κ3) is 4.14. The van der Waals surface area contributed by atoms with E-state index in [0.29, 0.717) is 11.6 Å². The highest BCUT2D eigenvalue weighted by Crippen LogP contribution is 2.25. The summed E-state index contributed by atoms with van der Waals surface area (Å²) in [6, 6.07) is 4.27. The first-order chi connectivity index (χ1) is 11.6. The fourth-order valence-corrected chi connectivity index (χ4v) is 2.94. The molecule has 0 aliphatic heterocycles. The molecule has 0 saturated heterocycles. The van der Waals surface area contributed by atoms with Crippen LogP contribution in [0.4, 0.5) is 10.1 Å². The van der Waals surface area contributed by atoms with Crippen molar-refractivity contribution >= 4 is 11.6 Å². The van der Waals surface area contributed by atoms with Crippen molar-refractivity contribution in [3.8, 4) is 5.69 Å². The van der Waals surface area contributed by atoms with Crippen LogP contribution in [0, 0.1) is 11.7 Å². The number of nitrogens with one attached hydrogen (secondary N) is 1. The Morgan fingerprint density at radius 3 is 3.08 bits per heavy atom. The Balaban J connectivity index is 1.58. The van der Waals surface area contributed by atoms with Crippen molar-refractivity contribution in [3.05, 3.63) is 30.3 Å². The molecule has 128 valence electrons. The van der Waals surface area contributed by atoms with E-state index in [4.69, 9.17) is 4.74 Å². The Morgan fingerprint density at radius 2 is 2.33 bits per heavy atom. The van der Waals surface area contributed by atoms with Crippen molar-refractivity contribution in [2.45, 2.75) is 38.7 Å². The van der Waals surface area contributed by atoms with Crippen LogP contribution in [-0.4, -0.2) is 38.8 Å². The summed E-state index contributed by atoms with van der Waals surface area (Å²) in [5.41, 5.74) is 0.632. The fraction of sp³-hybridized carbons (Fsp3) is 0.500. The van der Waals surface area contributed by atoms with Gasteiger partial charge in [0.1, 0.15) is 18.8 Å². The molecule has 0 bridgehead atoms. The minimum Gasteiger partial charge on any atom is -0.368 e. The van der Waals surface area contributed by atoms with Gasteiger partial charge in [-0.25, -0.2) is 9.07 Å². The lowest BCUT2D eigenvalue weighted by molar-refractivity contribution is -0.123. The predicted octanol–water partition coefficient (Wildman–Crippen LogP) is 2.34. The number of hydrogen-bond acceptors (Lipinski definition) is 5. The third-order valence-electron chi connectivity index (χ3n) is 4.18. The average Bonchev–Trinajstić information content (AvgIpc) is 3.10. The molecule has 1 aromatic heterocycles. The molecule has 8 heteroatoms. The number of aromatic nitrogens is 4. The number of tetrazole rings is 1. The van der Waals surface area contributed by atoms with Crippen LogP contribution in [0.25, 0.3) is 5.69 Å². The summed E-state index contributed by atoms with van der Waals surface area (Å²) in [5.74, 6) is -0.273. The first-order valence-corrected chi connectivity index (χ1v) is 8.06. The van der Waals surface area contributed by atoms with Crippen LogP contribution in [0.5, 0.6) is 0 Å². The molecule has 1 amide bonds. The quantitative estimate of drug-likeness (QED) is 0.908. The standard InChI is InChI=1S/C16H20FN5O2/c1-11-3-2-4-13(7-11)24-9-16(23)19-15-8-12(5-6-14(15)17)22-10-18-20-21-22/h5-6,8,10-11,13H,2-4,7,9H2,1H3,(H,19,23)/t11-,13+/m1/s1. The molecule has 24 heavy (non-hydrogen) atoms. The molecule has 3 rings (SSSR count). The van der Waals surface area contributed by atoms with Gasteiger partial charge in [0.05, 0.1) is 17.5 Å². The highest BCUT2D eigenvalue weighted by molar-refractivity contribution is 5.92. The summed E-state index contributed by atoms with van der Waals surface area (Å²) in [6.07, 6.45) is 5.78. The van der Waals surface area contributed by atoms with E-state index in [1.807, 2.05) is 0 Å². The molecule has 2 atom stereocenters. The number of rotatable bonds is 5. The van der Waals surface area contributed by atoms with Gasteiger partial charge in [0.25, 0.3) is 0 Å². The zero-order chi connectivity index (χ0) is 16.9. The number of halogens is 1. The Kier molecular flexibility index (Phi) is 5.14. The number of carbonyl (C=O) groups excluding carboxylic acids is 1. The maximum absolute atomic E-state index is 13.9. The lowest BCUT2D eigenvalue weighted by Gasteiger charge is -2.26. The highest BCUT2D eigenvalue weighted by atomic mass is 19.1. The van der Waals surface area contributed by atoms with E-state index in [-0.39, 0.29) is 24.3 Å². The van der Waals surface area contributed by atoms with Gasteiger partial charge in [0.2, 0.25) is 5.91 Å². The molecule has 0 radical (unpaired) electrons. The number of benzene rings is 1. The number of amides is 1. The Labute approximate surface area is 139 Å². The summed E-state index contributed by atoms with van der Waals surface area (Å²) in [4.78, 5) is 12.0. The Bertz CT molecular complexity index is 692. The highest BCUT2D eigenvalue weighted by Gasteiger charge is 2.20. The van der Waals surface area contributed by atoms with Crippen molar-refractivity contribution in [1.82, 2.24) is 20.2 Å². The van der Waals surface area contributed by atoms with E-state index < -0.39 is 5.82 Å². The van der Waals surface area contributed by atoms with Crippen LogP contribution in [0.3, 0.4) is 0 Å². The molecule has 0 spiro atoms. The predicted molar refractivity (Wildman–Crippen MR) is 85.1 cm³/mol. The average molecular weight is 333 g/mol. The van der Waals surface area contributed by atoms with E-state index in [1.165, 1.54) is 35.6 Å². The number of hydrogen-bond donors (Lipinski definition) is 1. The van der Waals surface area contributed by atoms with Gasteiger partial charge in [-0.2, -0.15) is 0 Å². The zero-order valence-electron chi connectivity index (χ0n) is 13.5. The largest absolute Gasteiger partial charge is 0.368 e. The minimum atomic E-state index is -0.522. The van der Waals surface area contributed by atoms with Gasteiger partial charge in [0, 0.05) is 0 Å². The van der Waals surface area contributed by atoms with Crippen LogP contribution < -0.4 is 5.32 Å². The van der Waals surface area contributed by atoms with E-state index in [1.54, 1.807) is 0 Å². The molecule has 1 fully saturated rings. The lowest BCUT2D eigenvalue weighted by Crippen LogP contribution is -2.27. The summed E-state index contributed by atoms with van der Waals surface area (Å²) < 4.78 is 20.9. The van der Waals surface area contributed by atoms with Crippen molar-refractivity contribution in [2.75, 3.05) is 11.9 Å². The number of carbonyl (C=O) groups is 1. The van der Waals surface area contributed by atoms with Crippen molar-refractivity contribution < 1.29 is 13.9 Å². The van der Waals surface area contributed by atoms with E-state index in [0.717, 1.165) is 19.3 Å². The lowest BCUT2D eigenvalue weighted by atomic mass is 9.89. The van der Waals surface area contributed by atoms with Crippen molar-refractivity contribution in [1.29, 1.82) is 0 Å². The number of ether oxygens (including phenoxy) is 1. The van der Waals surface area contributed by atoms with Gasteiger partial charge in [-0.15, -0.1) is 5.10 Å². The van der Waals surface area contributed by atoms with E-state index in [2.05, 4.69) is 27.8 Å². The molecular formula is C16H20FN5O2.